The van der Waals surface area contributed by atoms with Gasteiger partial charge in [0, 0.05) is 0 Å². The molecule has 1 aliphatic rings. The Hall–Kier alpha value is -6.20. The normalized spacial score (nSPS) is 15.2. The lowest BCUT2D eigenvalue weighted by Crippen LogP contribution is -2.34. The van der Waals surface area contributed by atoms with E-state index in [9.17, 15) is 37.5 Å². The van der Waals surface area contributed by atoms with Crippen LogP contribution in [0.15, 0.2) is 48.8 Å². The fraction of sp³-hybridized carbons (Fsp3) is 0.154. The van der Waals surface area contributed by atoms with Gasteiger partial charge in [-0.3, -0.25) is 28.8 Å². The highest BCUT2D eigenvalue weighted by molar-refractivity contribution is 6.44. The molecule has 1 aliphatic heterocycles. The largest absolute Gasteiger partial charge is 0.343 e. The number of hydrogen-bond acceptors (Lipinski definition) is 10. The quantitative estimate of drug-likeness (QED) is 0.193. The highest BCUT2D eigenvalue weighted by Gasteiger charge is 2.25. The van der Waals surface area contributed by atoms with E-state index >= 15 is 0 Å². The third-order valence-corrected chi connectivity index (χ3v) is 6.26. The van der Waals surface area contributed by atoms with Crippen molar-refractivity contribution in [1.82, 2.24) is 40.6 Å². The molecule has 4 aromatic rings. The topological polar surface area (TPSA) is 212 Å². The molecule has 4 N–H and O–H groups in total. The molecule has 0 radical (unpaired) electrons. The standard InChI is InChI=1S/C26H20F2N10O6/c27-13-1-3-19-17(5-13)23(41)25(43)29-7-16-10-32-36-38(16)12-22(40)34-20-4-2-14(28)6-18(20)24(42)26(44)30-8-15-9-31-35-37(15)11-21(39)33-19/h1-6,9-10H,7-8,11-12H2,(H,29,43)(H,30,44)(H,33,39)(H,34,40). The summed E-state index contributed by atoms with van der Waals surface area (Å²) >= 11 is 0. The second kappa shape index (κ2) is 12.3. The van der Waals surface area contributed by atoms with Gasteiger partial charge in [0.2, 0.25) is 11.8 Å². The predicted octanol–water partition coefficient (Wildman–Crippen LogP) is -0.263. The zero-order valence-corrected chi connectivity index (χ0v) is 22.3. The van der Waals surface area contributed by atoms with Gasteiger partial charge in [0.05, 0.1) is 59.4 Å². The van der Waals surface area contributed by atoms with Crippen molar-refractivity contribution in [3.8, 4) is 0 Å². The number of carbonyl (C=O) groups is 6. The van der Waals surface area contributed by atoms with Gasteiger partial charge in [0.1, 0.15) is 24.7 Å². The number of hydrogen-bond donors (Lipinski definition) is 4. The Kier molecular flexibility index (Phi) is 8.22. The molecule has 0 saturated carbocycles. The Morgan fingerprint density at radius 3 is 1.43 bits per heavy atom. The van der Waals surface area contributed by atoms with Crippen molar-refractivity contribution in [3.05, 3.63) is 82.9 Å². The fourth-order valence-corrected chi connectivity index (χ4v) is 4.12. The molecule has 0 atom stereocenters. The SMILES string of the molecule is O=C1Cn2nncc2CNC(=O)C(=O)c2cc(F)ccc2NC(=O)Cn2nncc2CNC(=O)C(=O)c2cc(F)ccc2N1. The van der Waals surface area contributed by atoms with Crippen molar-refractivity contribution in [1.29, 1.82) is 0 Å². The van der Waals surface area contributed by atoms with Crippen LogP contribution in [-0.2, 0) is 45.4 Å². The molecule has 2 aromatic heterocycles. The lowest BCUT2D eigenvalue weighted by atomic mass is 10.1. The molecular weight excluding hydrogens is 586 g/mol. The van der Waals surface area contributed by atoms with Crippen LogP contribution in [0.25, 0.3) is 0 Å². The lowest BCUT2D eigenvalue weighted by molar-refractivity contribution is -0.118. The van der Waals surface area contributed by atoms with E-state index in [4.69, 9.17) is 0 Å². The van der Waals surface area contributed by atoms with Gasteiger partial charge in [0.25, 0.3) is 23.4 Å². The van der Waals surface area contributed by atoms with Crippen molar-refractivity contribution >= 4 is 46.6 Å². The summed E-state index contributed by atoms with van der Waals surface area (Å²) in [5.74, 6) is -7.85. The average molecular weight is 607 g/mol. The molecule has 0 unspecified atom stereocenters. The maximum Gasteiger partial charge on any atom is 0.292 e. The molecule has 0 aliphatic carbocycles. The first-order valence-electron chi connectivity index (χ1n) is 12.7. The number of ketones is 2. The van der Waals surface area contributed by atoms with Crippen LogP contribution in [0.3, 0.4) is 0 Å². The minimum atomic E-state index is -1.17. The van der Waals surface area contributed by atoms with E-state index < -0.39 is 71.0 Å². The number of nitrogens with zero attached hydrogens (tertiary/aromatic N) is 6. The highest BCUT2D eigenvalue weighted by Crippen LogP contribution is 2.20. The minimum Gasteiger partial charge on any atom is -0.343 e. The van der Waals surface area contributed by atoms with Crippen LogP contribution < -0.4 is 21.3 Å². The van der Waals surface area contributed by atoms with Crippen molar-refractivity contribution < 1.29 is 37.5 Å². The molecule has 0 spiro atoms. The van der Waals surface area contributed by atoms with Gasteiger partial charge in [-0.2, -0.15) is 0 Å². The van der Waals surface area contributed by atoms with Crippen LogP contribution in [0, 0.1) is 11.6 Å². The second-order valence-electron chi connectivity index (χ2n) is 9.27. The molecule has 2 aromatic carbocycles. The molecule has 224 valence electrons. The van der Waals surface area contributed by atoms with Gasteiger partial charge < -0.3 is 21.3 Å². The average Bonchev–Trinajstić information content (AvgIpc) is 3.63. The number of carbonyl (C=O) groups excluding carboxylic acids is 6. The summed E-state index contributed by atoms with van der Waals surface area (Å²) in [6.07, 6.45) is 2.42. The second-order valence-corrected chi connectivity index (χ2v) is 9.27. The van der Waals surface area contributed by atoms with Gasteiger partial charge in [-0.25, -0.2) is 18.1 Å². The van der Waals surface area contributed by atoms with E-state index in [2.05, 4.69) is 41.9 Å². The molecular formula is C26H20F2N10O6. The Labute approximate surface area is 244 Å². The molecule has 18 heteroatoms. The van der Waals surface area contributed by atoms with Gasteiger partial charge in [-0.05, 0) is 36.4 Å². The lowest BCUT2D eigenvalue weighted by Gasteiger charge is -2.13. The number of anilines is 2. The third kappa shape index (κ3) is 6.48. The molecule has 44 heavy (non-hydrogen) atoms. The molecule has 0 bridgehead atoms. The van der Waals surface area contributed by atoms with Crippen LogP contribution in [0.5, 0.6) is 0 Å². The number of amides is 4. The van der Waals surface area contributed by atoms with Gasteiger partial charge >= 0.3 is 0 Å². The summed E-state index contributed by atoms with van der Waals surface area (Å²) < 4.78 is 30.3. The Morgan fingerprint density at radius 1 is 0.614 bits per heavy atom. The molecule has 16 nitrogen and oxygen atoms in total. The van der Waals surface area contributed by atoms with Crippen LogP contribution in [0.4, 0.5) is 20.2 Å². The third-order valence-electron chi connectivity index (χ3n) is 6.26. The molecule has 0 saturated heterocycles. The zero-order chi connectivity index (χ0) is 31.4. The first-order valence-corrected chi connectivity index (χ1v) is 12.7. The fourth-order valence-electron chi connectivity index (χ4n) is 4.12. The van der Waals surface area contributed by atoms with E-state index in [1.165, 1.54) is 12.4 Å². The Bertz CT molecular complexity index is 1700. The van der Waals surface area contributed by atoms with Crippen LogP contribution in [0.1, 0.15) is 32.1 Å². The van der Waals surface area contributed by atoms with Crippen molar-refractivity contribution in [2.24, 2.45) is 0 Å². The summed E-state index contributed by atoms with van der Waals surface area (Å²) in [4.78, 5) is 77.0. The summed E-state index contributed by atoms with van der Waals surface area (Å²) in [7, 11) is 0. The smallest absolute Gasteiger partial charge is 0.292 e. The number of nitrogens with one attached hydrogen (secondary N) is 4. The number of halogens is 2. The van der Waals surface area contributed by atoms with E-state index in [-0.39, 0.29) is 35.9 Å². The number of rotatable bonds is 0. The minimum absolute atomic E-state index is 0.173. The molecule has 5 rings (SSSR count). The van der Waals surface area contributed by atoms with Gasteiger partial charge in [-0.15, -0.1) is 10.2 Å². The molecule has 3 heterocycles. The summed E-state index contributed by atoms with van der Waals surface area (Å²) in [5, 5.41) is 24.4. The van der Waals surface area contributed by atoms with Crippen molar-refractivity contribution in [2.45, 2.75) is 26.2 Å². The number of aromatic nitrogens is 6. The molecule has 0 fully saturated rings. The monoisotopic (exact) mass is 606 g/mol. The highest BCUT2D eigenvalue weighted by atomic mass is 19.1. The molecule has 4 amide bonds. The Balaban J connectivity index is 1.47. The van der Waals surface area contributed by atoms with Crippen molar-refractivity contribution in [2.75, 3.05) is 10.6 Å². The van der Waals surface area contributed by atoms with Gasteiger partial charge in [0.15, 0.2) is 0 Å². The van der Waals surface area contributed by atoms with Crippen molar-refractivity contribution in [3.63, 3.8) is 0 Å². The first kappa shape index (κ1) is 29.3. The van der Waals surface area contributed by atoms with Crippen LogP contribution >= 0.6 is 0 Å². The number of Topliss-reactive ketones (excluding diaryl/α,β-unsaturated/α-hetero) is 2. The zero-order valence-electron chi connectivity index (χ0n) is 22.3. The first-order chi connectivity index (χ1) is 21.1. The Morgan fingerprint density at radius 2 is 1.02 bits per heavy atom. The summed E-state index contributed by atoms with van der Waals surface area (Å²) in [5.41, 5.74) is -0.876. The van der Waals surface area contributed by atoms with E-state index in [1.54, 1.807) is 0 Å². The van der Waals surface area contributed by atoms with E-state index in [0.717, 1.165) is 45.8 Å². The predicted molar refractivity (Wildman–Crippen MR) is 142 cm³/mol. The summed E-state index contributed by atoms with van der Waals surface area (Å²) in [6.45, 7) is -1.66. The van der Waals surface area contributed by atoms with Crippen LogP contribution in [0.2, 0.25) is 0 Å². The van der Waals surface area contributed by atoms with Gasteiger partial charge in [-0.1, -0.05) is 10.4 Å². The maximum absolute atomic E-state index is 14.1. The number of benzene rings is 2. The number of fused-ring (bicyclic) bond motifs is 4. The van der Waals surface area contributed by atoms with E-state index in [0.29, 0.717) is 0 Å². The van der Waals surface area contributed by atoms with E-state index in [1.807, 2.05) is 0 Å². The summed E-state index contributed by atoms with van der Waals surface area (Å²) in [6, 6.07) is 5.70. The maximum atomic E-state index is 14.1. The van der Waals surface area contributed by atoms with Crippen LogP contribution in [-0.4, -0.2) is 65.2 Å².